The van der Waals surface area contributed by atoms with E-state index in [1.165, 1.54) is 16.3 Å². The molecule has 0 bridgehead atoms. The van der Waals surface area contributed by atoms with E-state index < -0.39 is 0 Å². The van der Waals surface area contributed by atoms with Crippen molar-refractivity contribution in [3.8, 4) is 11.5 Å². The van der Waals surface area contributed by atoms with Crippen LogP contribution in [0.2, 0.25) is 0 Å². The number of ether oxygens (including phenoxy) is 2. The molecule has 0 aromatic heterocycles. The van der Waals surface area contributed by atoms with Crippen LogP contribution in [0, 0.1) is 0 Å². The summed E-state index contributed by atoms with van der Waals surface area (Å²) in [6, 6.07) is 18.7. The van der Waals surface area contributed by atoms with E-state index in [-0.39, 0.29) is 18.5 Å². The van der Waals surface area contributed by atoms with Crippen LogP contribution in [0.5, 0.6) is 11.5 Å². The Bertz CT molecular complexity index is 1160. The van der Waals surface area contributed by atoms with Crippen molar-refractivity contribution in [2.24, 2.45) is 0 Å². The van der Waals surface area contributed by atoms with Crippen molar-refractivity contribution in [1.82, 2.24) is 0 Å². The van der Waals surface area contributed by atoms with Crippen LogP contribution in [0.4, 0.5) is 5.69 Å². The Hall–Kier alpha value is -3.27. The van der Waals surface area contributed by atoms with Gasteiger partial charge in [0.2, 0.25) is 6.79 Å². The molecule has 1 aliphatic carbocycles. The predicted octanol–water partition coefficient (Wildman–Crippen LogP) is 4.74. The van der Waals surface area contributed by atoms with Crippen LogP contribution in [0.3, 0.4) is 0 Å². The van der Waals surface area contributed by atoms with Gasteiger partial charge in [-0.2, -0.15) is 0 Å². The number of rotatable bonds is 1. The number of Topliss-reactive ketones (excluding diaryl/α,β-unsaturated/α-hetero) is 1. The quantitative estimate of drug-likeness (QED) is 0.685. The lowest BCUT2D eigenvalue weighted by molar-refractivity contribution is -0.115. The average molecular weight is 355 g/mol. The molecule has 0 saturated heterocycles. The first-order chi connectivity index (χ1) is 13.3. The Balaban J connectivity index is 1.65. The van der Waals surface area contributed by atoms with Crippen molar-refractivity contribution in [1.29, 1.82) is 0 Å². The zero-order chi connectivity index (χ0) is 18.0. The largest absolute Gasteiger partial charge is 0.454 e. The Morgan fingerprint density at radius 2 is 1.81 bits per heavy atom. The second kappa shape index (κ2) is 5.36. The highest BCUT2D eigenvalue weighted by Gasteiger charge is 2.38. The minimum absolute atomic E-state index is 0.0909. The molecule has 1 N–H and O–H groups in total. The Labute approximate surface area is 156 Å². The molecule has 3 aromatic rings. The van der Waals surface area contributed by atoms with Gasteiger partial charge in [0.1, 0.15) is 0 Å². The maximum absolute atomic E-state index is 12.8. The van der Waals surface area contributed by atoms with Gasteiger partial charge in [-0.3, -0.25) is 4.79 Å². The van der Waals surface area contributed by atoms with Crippen LogP contribution in [-0.4, -0.2) is 12.6 Å². The molecule has 3 aliphatic rings. The fourth-order valence-electron chi connectivity index (χ4n) is 4.59. The number of benzene rings is 3. The molecule has 1 atom stereocenters. The van der Waals surface area contributed by atoms with Crippen LogP contribution >= 0.6 is 0 Å². The monoisotopic (exact) mass is 355 g/mol. The molecule has 6 rings (SSSR count). The molecular weight excluding hydrogens is 338 g/mol. The summed E-state index contributed by atoms with van der Waals surface area (Å²) in [4.78, 5) is 12.8. The lowest BCUT2D eigenvalue weighted by atomic mass is 9.78. The molecular formula is C23H17NO3. The number of carbonyl (C=O) groups excluding carboxylic acids is 1. The Morgan fingerprint density at radius 3 is 2.78 bits per heavy atom. The first kappa shape index (κ1) is 14.9. The number of nitrogens with one attached hydrogen (secondary N) is 1. The van der Waals surface area contributed by atoms with Crippen LogP contribution in [0.25, 0.3) is 10.8 Å². The van der Waals surface area contributed by atoms with E-state index in [0.29, 0.717) is 6.42 Å². The molecule has 132 valence electrons. The lowest BCUT2D eigenvalue weighted by Gasteiger charge is -2.30. The second-order valence-electron chi connectivity index (χ2n) is 7.23. The second-order valence-corrected chi connectivity index (χ2v) is 7.23. The SMILES string of the molecule is O=C1CCC2=C1[C@H](c1ccc3c(c1)OCO3)c1c(ccc3ccccc13)N2. The third-order valence-corrected chi connectivity index (χ3v) is 5.79. The molecule has 0 unspecified atom stereocenters. The van der Waals surface area contributed by atoms with Gasteiger partial charge in [0, 0.05) is 29.3 Å². The van der Waals surface area contributed by atoms with Gasteiger partial charge in [0.15, 0.2) is 17.3 Å². The number of anilines is 1. The average Bonchev–Trinajstić information content (AvgIpc) is 3.32. The number of ketones is 1. The van der Waals surface area contributed by atoms with Gasteiger partial charge < -0.3 is 14.8 Å². The molecule has 3 aromatic carbocycles. The standard InChI is InChI=1S/C23H17NO3/c25-18-9-8-17-23(18)21(14-6-10-19-20(11-14)27-12-26-19)22-15-4-2-1-3-13(15)5-7-16(22)24-17/h1-7,10-11,21,24H,8-9,12H2/t21-/m1/s1. The van der Waals surface area contributed by atoms with Crippen molar-refractivity contribution in [3.63, 3.8) is 0 Å². The highest BCUT2D eigenvalue weighted by Crippen LogP contribution is 2.49. The molecule has 0 saturated carbocycles. The van der Waals surface area contributed by atoms with Gasteiger partial charge in [-0.05, 0) is 46.5 Å². The molecule has 0 spiro atoms. The zero-order valence-corrected chi connectivity index (χ0v) is 14.6. The molecule has 4 heteroatoms. The van der Waals surface area contributed by atoms with Crippen molar-refractivity contribution in [2.45, 2.75) is 18.8 Å². The maximum atomic E-state index is 12.8. The summed E-state index contributed by atoms with van der Waals surface area (Å²) in [5.41, 5.74) is 5.29. The number of hydrogen-bond acceptors (Lipinski definition) is 4. The van der Waals surface area contributed by atoms with Gasteiger partial charge in [-0.25, -0.2) is 0 Å². The van der Waals surface area contributed by atoms with E-state index in [2.05, 4.69) is 41.7 Å². The fourth-order valence-corrected chi connectivity index (χ4v) is 4.59. The summed E-state index contributed by atoms with van der Waals surface area (Å²) in [6.07, 6.45) is 1.35. The van der Waals surface area contributed by atoms with Crippen molar-refractivity contribution < 1.29 is 14.3 Å². The smallest absolute Gasteiger partial charge is 0.231 e. The minimum atomic E-state index is -0.0909. The molecule has 2 heterocycles. The Morgan fingerprint density at radius 1 is 0.926 bits per heavy atom. The third-order valence-electron chi connectivity index (χ3n) is 5.79. The molecule has 0 radical (unpaired) electrons. The van der Waals surface area contributed by atoms with E-state index in [1.807, 2.05) is 18.2 Å². The van der Waals surface area contributed by atoms with E-state index >= 15 is 0 Å². The van der Waals surface area contributed by atoms with Gasteiger partial charge in [0.05, 0.1) is 0 Å². The van der Waals surface area contributed by atoms with Gasteiger partial charge in [-0.1, -0.05) is 36.4 Å². The molecule has 27 heavy (non-hydrogen) atoms. The van der Waals surface area contributed by atoms with Gasteiger partial charge >= 0.3 is 0 Å². The third kappa shape index (κ3) is 2.07. The summed E-state index contributed by atoms with van der Waals surface area (Å²) in [6.45, 7) is 0.247. The van der Waals surface area contributed by atoms with Crippen molar-refractivity contribution in [3.05, 3.63) is 77.0 Å². The number of hydrogen-bond donors (Lipinski definition) is 1. The molecule has 2 aliphatic heterocycles. The molecule has 0 fully saturated rings. The van der Waals surface area contributed by atoms with Crippen LogP contribution < -0.4 is 14.8 Å². The topological polar surface area (TPSA) is 47.6 Å². The molecule has 0 amide bonds. The summed E-state index contributed by atoms with van der Waals surface area (Å²) < 4.78 is 11.1. The van der Waals surface area contributed by atoms with Gasteiger partial charge in [-0.15, -0.1) is 0 Å². The van der Waals surface area contributed by atoms with E-state index in [9.17, 15) is 4.79 Å². The summed E-state index contributed by atoms with van der Waals surface area (Å²) in [5, 5.41) is 5.89. The highest BCUT2D eigenvalue weighted by atomic mass is 16.7. The number of allylic oxidation sites excluding steroid dienone is 2. The number of fused-ring (bicyclic) bond motifs is 4. The van der Waals surface area contributed by atoms with Crippen LogP contribution in [0.1, 0.15) is 29.9 Å². The predicted molar refractivity (Wildman–Crippen MR) is 103 cm³/mol. The minimum Gasteiger partial charge on any atom is -0.454 e. The first-order valence-electron chi connectivity index (χ1n) is 9.24. The summed E-state index contributed by atoms with van der Waals surface area (Å²) >= 11 is 0. The molecule has 4 nitrogen and oxygen atoms in total. The van der Waals surface area contributed by atoms with Gasteiger partial charge in [0.25, 0.3) is 0 Å². The van der Waals surface area contributed by atoms with Crippen LogP contribution in [-0.2, 0) is 4.79 Å². The van der Waals surface area contributed by atoms with E-state index in [0.717, 1.165) is 40.4 Å². The Kier molecular flexibility index (Phi) is 2.95. The highest BCUT2D eigenvalue weighted by molar-refractivity contribution is 6.05. The van der Waals surface area contributed by atoms with Crippen molar-refractivity contribution in [2.75, 3.05) is 12.1 Å². The maximum Gasteiger partial charge on any atom is 0.231 e. The first-order valence-corrected chi connectivity index (χ1v) is 9.24. The normalized spacial score (nSPS) is 19.9. The zero-order valence-electron chi connectivity index (χ0n) is 14.6. The summed E-state index contributed by atoms with van der Waals surface area (Å²) in [7, 11) is 0. The van der Waals surface area contributed by atoms with E-state index in [4.69, 9.17) is 9.47 Å². The fraction of sp³-hybridized carbons (Fsp3) is 0.174. The van der Waals surface area contributed by atoms with E-state index in [1.54, 1.807) is 0 Å². The number of carbonyl (C=O) groups is 1. The lowest BCUT2D eigenvalue weighted by Crippen LogP contribution is -2.19. The van der Waals surface area contributed by atoms with Crippen molar-refractivity contribution >= 4 is 22.2 Å². The summed E-state index contributed by atoms with van der Waals surface area (Å²) in [5.74, 6) is 1.66. The van der Waals surface area contributed by atoms with Crippen LogP contribution in [0.15, 0.2) is 65.9 Å².